The summed E-state index contributed by atoms with van der Waals surface area (Å²) < 4.78 is 5.46. The van der Waals surface area contributed by atoms with Crippen molar-refractivity contribution in [2.75, 3.05) is 13.7 Å². The van der Waals surface area contributed by atoms with Crippen LogP contribution >= 0.6 is 0 Å². The van der Waals surface area contributed by atoms with E-state index >= 15 is 0 Å². The molecule has 0 amide bonds. The second-order valence-corrected chi connectivity index (χ2v) is 12.2. The molecule has 6 saturated carbocycles. The molecule has 28 heavy (non-hydrogen) atoms. The number of carbonyl (C=O) groups excluding carboxylic acids is 1. The van der Waals surface area contributed by atoms with Crippen LogP contribution in [0.5, 0.6) is 0 Å². The van der Waals surface area contributed by atoms with Crippen molar-refractivity contribution < 1.29 is 14.6 Å². The van der Waals surface area contributed by atoms with E-state index in [1.807, 2.05) is 0 Å². The minimum atomic E-state index is -0.160. The van der Waals surface area contributed by atoms with Crippen molar-refractivity contribution in [3.05, 3.63) is 0 Å². The standard InChI is InChI=1S/C25H38O3/c1-28-22(27)25-4-2-3-16-8-21(25)13-24(9-16,15-25)23-10-17-5-18(14-26)7-20(12-23)19(6-17)11-23/h16-21,26H,2-15H2,1H3. The molecule has 0 aromatic heterocycles. The number of hydrogen-bond acceptors (Lipinski definition) is 3. The topological polar surface area (TPSA) is 46.5 Å². The second kappa shape index (κ2) is 5.99. The highest BCUT2D eigenvalue weighted by Gasteiger charge is 2.71. The summed E-state index contributed by atoms with van der Waals surface area (Å²) in [5.74, 6) is 4.69. The molecule has 9 atom stereocenters. The van der Waals surface area contributed by atoms with Crippen molar-refractivity contribution in [3.8, 4) is 0 Å². The normalized spacial score (nSPS) is 56.5. The summed E-state index contributed by atoms with van der Waals surface area (Å²) >= 11 is 0. The Morgan fingerprint density at radius 3 is 2.54 bits per heavy atom. The van der Waals surface area contributed by atoms with Gasteiger partial charge >= 0.3 is 5.97 Å². The number of aliphatic hydroxyl groups is 1. The molecule has 3 nitrogen and oxygen atoms in total. The Balaban J connectivity index is 1.40. The van der Waals surface area contributed by atoms with Gasteiger partial charge in [-0.25, -0.2) is 0 Å². The molecule has 0 aromatic carbocycles. The van der Waals surface area contributed by atoms with Crippen LogP contribution in [0.3, 0.4) is 0 Å². The molecule has 0 aliphatic heterocycles. The lowest BCUT2D eigenvalue weighted by Crippen LogP contribution is -2.46. The summed E-state index contributed by atoms with van der Waals surface area (Å²) in [4.78, 5) is 13.1. The molecule has 0 aromatic rings. The van der Waals surface area contributed by atoms with Crippen LogP contribution in [0.15, 0.2) is 0 Å². The lowest BCUT2D eigenvalue weighted by molar-refractivity contribution is -0.156. The Morgan fingerprint density at radius 1 is 0.964 bits per heavy atom. The van der Waals surface area contributed by atoms with Gasteiger partial charge in [0.1, 0.15) is 0 Å². The number of rotatable bonds is 3. The third-order valence-electron chi connectivity index (χ3n) is 11.2. The number of aliphatic hydroxyl groups excluding tert-OH is 1. The molecule has 1 N–H and O–H groups in total. The zero-order chi connectivity index (χ0) is 19.1. The predicted octanol–water partition coefficient (Wildman–Crippen LogP) is 4.96. The highest BCUT2D eigenvalue weighted by molar-refractivity contribution is 5.78. The average Bonchev–Trinajstić information content (AvgIpc) is 2.97. The van der Waals surface area contributed by atoms with Gasteiger partial charge in [-0.15, -0.1) is 0 Å². The summed E-state index contributed by atoms with van der Waals surface area (Å²) in [6, 6.07) is 0. The maximum atomic E-state index is 13.1. The van der Waals surface area contributed by atoms with Crippen LogP contribution in [0.4, 0.5) is 0 Å². The predicted molar refractivity (Wildman–Crippen MR) is 107 cm³/mol. The number of carbonyl (C=O) groups is 1. The highest BCUT2D eigenvalue weighted by atomic mass is 16.5. The lowest BCUT2D eigenvalue weighted by atomic mass is 9.50. The summed E-state index contributed by atoms with van der Waals surface area (Å²) in [6.07, 6.45) is 17.0. The van der Waals surface area contributed by atoms with E-state index in [1.165, 1.54) is 70.6 Å². The number of methoxy groups -OCH3 is 1. The molecule has 0 saturated heterocycles. The Morgan fingerprint density at radius 2 is 1.75 bits per heavy atom. The van der Waals surface area contributed by atoms with Crippen molar-refractivity contribution >= 4 is 5.97 Å². The first-order valence-corrected chi connectivity index (χ1v) is 12.2. The van der Waals surface area contributed by atoms with Crippen LogP contribution in [0.1, 0.15) is 83.5 Å². The van der Waals surface area contributed by atoms with Gasteiger partial charge in [0.15, 0.2) is 0 Å². The monoisotopic (exact) mass is 386 g/mol. The SMILES string of the molecule is COC(=O)C12CCCC3CC1CC(C14CC5CC(CO)CC(C1)C(C5)C4)(C3)C2. The highest BCUT2D eigenvalue weighted by Crippen LogP contribution is 2.77. The van der Waals surface area contributed by atoms with Crippen molar-refractivity contribution in [2.45, 2.75) is 83.5 Å². The number of hydrogen-bond donors (Lipinski definition) is 1. The third-order valence-corrected chi connectivity index (χ3v) is 11.2. The van der Waals surface area contributed by atoms with Crippen LogP contribution in [0, 0.1) is 51.8 Å². The molecule has 0 heterocycles. The van der Waals surface area contributed by atoms with E-state index < -0.39 is 0 Å². The quantitative estimate of drug-likeness (QED) is 0.697. The number of ether oxygens (including phenoxy) is 1. The first-order valence-electron chi connectivity index (χ1n) is 12.2. The van der Waals surface area contributed by atoms with E-state index in [2.05, 4.69) is 0 Å². The molecule has 6 aliphatic rings. The van der Waals surface area contributed by atoms with Crippen LogP contribution < -0.4 is 0 Å². The molecule has 3 heteroatoms. The van der Waals surface area contributed by atoms with Crippen molar-refractivity contribution in [3.63, 3.8) is 0 Å². The lowest BCUT2D eigenvalue weighted by Gasteiger charge is -2.55. The third kappa shape index (κ3) is 2.23. The number of esters is 1. The summed E-state index contributed by atoms with van der Waals surface area (Å²) in [7, 11) is 1.62. The molecular weight excluding hydrogens is 348 g/mol. The van der Waals surface area contributed by atoms with Gasteiger partial charge in [-0.3, -0.25) is 4.79 Å². The van der Waals surface area contributed by atoms with E-state index in [-0.39, 0.29) is 11.4 Å². The smallest absolute Gasteiger partial charge is 0.312 e. The largest absolute Gasteiger partial charge is 0.469 e. The molecular formula is C25H38O3. The van der Waals surface area contributed by atoms with Gasteiger partial charge < -0.3 is 9.84 Å². The molecule has 6 aliphatic carbocycles. The van der Waals surface area contributed by atoms with Crippen LogP contribution in [0.25, 0.3) is 0 Å². The van der Waals surface area contributed by atoms with E-state index in [4.69, 9.17) is 4.74 Å². The number of fused-ring (bicyclic) bond motifs is 5. The Bertz CT molecular complexity index is 671. The molecule has 6 bridgehead atoms. The fourth-order valence-corrected chi connectivity index (χ4v) is 10.6. The van der Waals surface area contributed by atoms with Gasteiger partial charge in [-0.05, 0) is 117 Å². The van der Waals surface area contributed by atoms with Crippen molar-refractivity contribution in [2.24, 2.45) is 51.8 Å². The van der Waals surface area contributed by atoms with Gasteiger partial charge in [0.25, 0.3) is 0 Å². The van der Waals surface area contributed by atoms with Crippen LogP contribution in [0.2, 0.25) is 0 Å². The zero-order valence-corrected chi connectivity index (χ0v) is 17.6. The molecule has 0 radical (unpaired) electrons. The first kappa shape index (κ1) is 18.2. The Kier molecular flexibility index (Phi) is 3.90. The average molecular weight is 387 g/mol. The molecule has 6 rings (SSSR count). The maximum Gasteiger partial charge on any atom is 0.312 e. The van der Waals surface area contributed by atoms with E-state index in [1.54, 1.807) is 7.11 Å². The van der Waals surface area contributed by atoms with Gasteiger partial charge in [0, 0.05) is 6.61 Å². The maximum absolute atomic E-state index is 13.1. The minimum absolute atomic E-state index is 0.129. The van der Waals surface area contributed by atoms with Crippen molar-refractivity contribution in [1.29, 1.82) is 0 Å². The Hall–Kier alpha value is -0.570. The Labute approximate surface area is 170 Å². The van der Waals surface area contributed by atoms with Gasteiger partial charge in [-0.1, -0.05) is 12.8 Å². The second-order valence-electron chi connectivity index (χ2n) is 12.2. The van der Waals surface area contributed by atoms with Gasteiger partial charge in [0.05, 0.1) is 12.5 Å². The zero-order valence-electron chi connectivity index (χ0n) is 17.6. The van der Waals surface area contributed by atoms with Gasteiger partial charge in [-0.2, -0.15) is 0 Å². The fraction of sp³-hybridized carbons (Fsp3) is 0.960. The minimum Gasteiger partial charge on any atom is -0.469 e. The fourth-order valence-electron chi connectivity index (χ4n) is 10.6. The van der Waals surface area contributed by atoms with Gasteiger partial charge in [0.2, 0.25) is 0 Å². The summed E-state index contributed by atoms with van der Waals surface area (Å²) in [5.41, 5.74) is 0.746. The summed E-state index contributed by atoms with van der Waals surface area (Å²) in [5, 5.41) is 9.87. The molecule has 6 fully saturated rings. The van der Waals surface area contributed by atoms with Crippen LogP contribution in [-0.2, 0) is 9.53 Å². The van der Waals surface area contributed by atoms with E-state index in [0.29, 0.717) is 29.3 Å². The molecule has 156 valence electrons. The van der Waals surface area contributed by atoms with E-state index in [0.717, 1.165) is 36.5 Å². The summed E-state index contributed by atoms with van der Waals surface area (Å²) in [6.45, 7) is 0.396. The van der Waals surface area contributed by atoms with Crippen LogP contribution in [-0.4, -0.2) is 24.8 Å². The first-order chi connectivity index (χ1) is 13.5. The van der Waals surface area contributed by atoms with E-state index in [9.17, 15) is 9.90 Å². The molecule has 9 unspecified atom stereocenters. The molecule has 0 spiro atoms. The van der Waals surface area contributed by atoms with Crippen molar-refractivity contribution in [1.82, 2.24) is 0 Å².